The van der Waals surface area contributed by atoms with Gasteiger partial charge in [-0.1, -0.05) is 29.8 Å². The predicted molar refractivity (Wildman–Crippen MR) is 126 cm³/mol. The maximum absolute atomic E-state index is 12.5. The average molecular weight is 452 g/mol. The van der Waals surface area contributed by atoms with E-state index < -0.39 is 5.91 Å². The molecule has 31 heavy (non-hydrogen) atoms. The molecule has 0 aliphatic heterocycles. The second-order valence-corrected chi connectivity index (χ2v) is 7.88. The Labute approximate surface area is 188 Å². The number of aryl methyl sites for hydroxylation is 2. The molecule has 0 spiro atoms. The standard InChI is InChI=1S/C23H18ClN3O3S/c1-12-7-8-15(17(24)9-12)21(29)27-23(31)25-14-10-13(2)20(28)16(11-14)22-26-18-5-3-4-6-19(18)30-22/h3-11,28H,1-2H3,(H2,25,27,29,31). The molecule has 4 rings (SSSR count). The highest BCUT2D eigenvalue weighted by atomic mass is 35.5. The zero-order chi connectivity index (χ0) is 22.1. The highest BCUT2D eigenvalue weighted by molar-refractivity contribution is 7.80. The lowest BCUT2D eigenvalue weighted by atomic mass is 10.1. The molecule has 0 fully saturated rings. The van der Waals surface area contributed by atoms with Gasteiger partial charge < -0.3 is 14.8 Å². The van der Waals surface area contributed by atoms with Crippen LogP contribution in [0.15, 0.2) is 59.0 Å². The number of nitrogens with zero attached hydrogens (tertiary/aromatic N) is 1. The first-order valence-electron chi connectivity index (χ1n) is 9.40. The van der Waals surface area contributed by atoms with Gasteiger partial charge in [0, 0.05) is 5.69 Å². The summed E-state index contributed by atoms with van der Waals surface area (Å²) >= 11 is 11.4. The van der Waals surface area contributed by atoms with E-state index in [1.165, 1.54) is 0 Å². The fourth-order valence-electron chi connectivity index (χ4n) is 3.14. The SMILES string of the molecule is Cc1ccc(C(=O)NC(=S)Nc2cc(C)c(O)c(-c3nc4ccccc4o3)c2)c(Cl)c1. The van der Waals surface area contributed by atoms with Crippen LogP contribution < -0.4 is 10.6 Å². The molecule has 0 aliphatic rings. The van der Waals surface area contributed by atoms with Gasteiger partial charge in [0.2, 0.25) is 5.89 Å². The van der Waals surface area contributed by atoms with Crippen LogP contribution in [0.1, 0.15) is 21.5 Å². The number of phenolic OH excluding ortho intramolecular Hbond substituents is 1. The molecule has 3 N–H and O–H groups in total. The average Bonchev–Trinajstić information content (AvgIpc) is 3.14. The monoisotopic (exact) mass is 451 g/mol. The molecule has 1 amide bonds. The van der Waals surface area contributed by atoms with Crippen molar-refractivity contribution < 1.29 is 14.3 Å². The van der Waals surface area contributed by atoms with Gasteiger partial charge >= 0.3 is 0 Å². The summed E-state index contributed by atoms with van der Waals surface area (Å²) in [6.07, 6.45) is 0. The van der Waals surface area contributed by atoms with Crippen LogP contribution in [0.2, 0.25) is 5.02 Å². The quantitative estimate of drug-likeness (QED) is 0.277. The number of phenols is 1. The molecule has 0 atom stereocenters. The number of anilines is 1. The minimum Gasteiger partial charge on any atom is -0.507 e. The molecule has 0 aliphatic carbocycles. The number of carbonyl (C=O) groups excluding carboxylic acids is 1. The molecule has 8 heteroatoms. The third-order valence-electron chi connectivity index (χ3n) is 4.68. The van der Waals surface area contributed by atoms with Crippen LogP contribution in [0.3, 0.4) is 0 Å². The number of carbonyl (C=O) groups is 1. The summed E-state index contributed by atoms with van der Waals surface area (Å²) in [5.74, 6) is -0.0810. The Morgan fingerprint density at radius 1 is 1.13 bits per heavy atom. The summed E-state index contributed by atoms with van der Waals surface area (Å²) < 4.78 is 5.78. The Morgan fingerprint density at radius 3 is 2.65 bits per heavy atom. The highest BCUT2D eigenvalue weighted by Gasteiger charge is 2.17. The summed E-state index contributed by atoms with van der Waals surface area (Å²) in [5, 5.41) is 16.6. The number of aromatic nitrogens is 1. The van der Waals surface area contributed by atoms with Gasteiger partial charge in [0.1, 0.15) is 11.3 Å². The van der Waals surface area contributed by atoms with Crippen LogP contribution in [0.4, 0.5) is 5.69 Å². The van der Waals surface area contributed by atoms with E-state index in [1.807, 2.05) is 25.1 Å². The number of para-hydroxylation sites is 2. The third-order valence-corrected chi connectivity index (χ3v) is 5.20. The van der Waals surface area contributed by atoms with Crippen molar-refractivity contribution in [3.8, 4) is 17.2 Å². The first kappa shape index (κ1) is 20.8. The lowest BCUT2D eigenvalue weighted by Crippen LogP contribution is -2.34. The molecule has 0 saturated heterocycles. The van der Waals surface area contributed by atoms with Crippen molar-refractivity contribution in [2.24, 2.45) is 0 Å². The van der Waals surface area contributed by atoms with E-state index >= 15 is 0 Å². The van der Waals surface area contributed by atoms with Gasteiger partial charge in [-0.05, 0) is 73.6 Å². The zero-order valence-electron chi connectivity index (χ0n) is 16.7. The zero-order valence-corrected chi connectivity index (χ0v) is 18.3. The summed E-state index contributed by atoms with van der Waals surface area (Å²) in [6.45, 7) is 3.64. The number of amides is 1. The van der Waals surface area contributed by atoms with Gasteiger partial charge in [0.25, 0.3) is 5.91 Å². The van der Waals surface area contributed by atoms with Gasteiger partial charge in [0.05, 0.1) is 16.1 Å². The molecule has 3 aromatic carbocycles. The fraction of sp³-hybridized carbons (Fsp3) is 0.0870. The largest absolute Gasteiger partial charge is 0.507 e. The minimum atomic E-state index is -0.419. The van der Waals surface area contributed by atoms with Crippen molar-refractivity contribution in [2.75, 3.05) is 5.32 Å². The second-order valence-electron chi connectivity index (χ2n) is 7.07. The first-order valence-corrected chi connectivity index (χ1v) is 10.2. The minimum absolute atomic E-state index is 0.0542. The molecule has 6 nitrogen and oxygen atoms in total. The van der Waals surface area contributed by atoms with Crippen LogP contribution in [-0.2, 0) is 0 Å². The van der Waals surface area contributed by atoms with E-state index in [2.05, 4.69) is 15.6 Å². The number of fused-ring (bicyclic) bond motifs is 1. The van der Waals surface area contributed by atoms with E-state index in [-0.39, 0.29) is 16.8 Å². The predicted octanol–water partition coefficient (Wildman–Crippen LogP) is 5.60. The number of thiocarbonyl (C=S) groups is 1. The highest BCUT2D eigenvalue weighted by Crippen LogP contribution is 2.36. The number of aromatic hydroxyl groups is 1. The Hall–Kier alpha value is -3.42. The van der Waals surface area contributed by atoms with Gasteiger partial charge in [-0.15, -0.1) is 0 Å². The number of halogens is 1. The fourth-order valence-corrected chi connectivity index (χ4v) is 3.67. The van der Waals surface area contributed by atoms with Gasteiger partial charge in [-0.2, -0.15) is 0 Å². The van der Waals surface area contributed by atoms with E-state index in [1.54, 1.807) is 43.3 Å². The molecule has 0 radical (unpaired) electrons. The van der Waals surface area contributed by atoms with E-state index in [9.17, 15) is 9.90 Å². The second kappa shape index (κ2) is 8.37. The Morgan fingerprint density at radius 2 is 1.90 bits per heavy atom. The van der Waals surface area contributed by atoms with Gasteiger partial charge in [-0.25, -0.2) is 4.98 Å². The normalized spacial score (nSPS) is 10.8. The topological polar surface area (TPSA) is 87.4 Å². The Bertz CT molecular complexity index is 1300. The smallest absolute Gasteiger partial charge is 0.258 e. The van der Waals surface area contributed by atoms with Crippen LogP contribution in [0.5, 0.6) is 5.75 Å². The van der Waals surface area contributed by atoms with Gasteiger partial charge in [-0.3, -0.25) is 10.1 Å². The molecule has 0 bridgehead atoms. The van der Waals surface area contributed by atoms with E-state index in [0.29, 0.717) is 38.5 Å². The number of benzene rings is 3. The molecular weight excluding hydrogens is 434 g/mol. The number of rotatable bonds is 3. The summed E-state index contributed by atoms with van der Waals surface area (Å²) in [7, 11) is 0. The lowest BCUT2D eigenvalue weighted by molar-refractivity contribution is 0.0978. The summed E-state index contributed by atoms with van der Waals surface area (Å²) in [5.41, 5.74) is 4.15. The Kier molecular flexibility index (Phi) is 5.63. The molecule has 1 aromatic heterocycles. The van der Waals surface area contributed by atoms with Crippen LogP contribution in [-0.4, -0.2) is 21.1 Å². The summed E-state index contributed by atoms with van der Waals surface area (Å²) in [4.78, 5) is 16.9. The van der Waals surface area contributed by atoms with E-state index in [0.717, 1.165) is 5.56 Å². The molecular formula is C23H18ClN3O3S. The number of nitrogens with one attached hydrogen (secondary N) is 2. The van der Waals surface area contributed by atoms with Crippen molar-refractivity contribution in [1.29, 1.82) is 0 Å². The van der Waals surface area contributed by atoms with Crippen molar-refractivity contribution in [3.05, 3.63) is 76.3 Å². The molecule has 0 unspecified atom stereocenters. The molecule has 4 aromatic rings. The lowest BCUT2D eigenvalue weighted by Gasteiger charge is -2.13. The maximum atomic E-state index is 12.5. The molecule has 1 heterocycles. The van der Waals surface area contributed by atoms with Crippen LogP contribution >= 0.6 is 23.8 Å². The number of hydrogen-bond acceptors (Lipinski definition) is 5. The van der Waals surface area contributed by atoms with Crippen LogP contribution in [0, 0.1) is 13.8 Å². The van der Waals surface area contributed by atoms with Crippen LogP contribution in [0.25, 0.3) is 22.6 Å². The van der Waals surface area contributed by atoms with E-state index in [4.69, 9.17) is 28.2 Å². The Balaban J connectivity index is 1.57. The maximum Gasteiger partial charge on any atom is 0.258 e. The summed E-state index contributed by atoms with van der Waals surface area (Å²) in [6, 6.07) is 15.9. The number of hydrogen-bond donors (Lipinski definition) is 3. The van der Waals surface area contributed by atoms with Crippen molar-refractivity contribution in [1.82, 2.24) is 10.3 Å². The van der Waals surface area contributed by atoms with Gasteiger partial charge in [0.15, 0.2) is 10.7 Å². The molecule has 156 valence electrons. The third kappa shape index (κ3) is 4.38. The number of oxazole rings is 1. The molecule has 0 saturated carbocycles. The first-order chi connectivity index (χ1) is 14.8. The van der Waals surface area contributed by atoms with Crippen molar-refractivity contribution in [3.63, 3.8) is 0 Å². The van der Waals surface area contributed by atoms with Crippen molar-refractivity contribution in [2.45, 2.75) is 13.8 Å². The van der Waals surface area contributed by atoms with Crippen molar-refractivity contribution >= 4 is 51.6 Å².